The van der Waals surface area contributed by atoms with Crippen LogP contribution in [0, 0.1) is 24.0 Å². The quantitative estimate of drug-likeness (QED) is 0.261. The summed E-state index contributed by atoms with van der Waals surface area (Å²) in [5.41, 5.74) is 4.74. The van der Waals surface area contributed by atoms with Crippen molar-refractivity contribution in [1.29, 1.82) is 0 Å². The van der Waals surface area contributed by atoms with Crippen molar-refractivity contribution < 1.29 is 9.66 Å². The zero-order valence-corrected chi connectivity index (χ0v) is 21.6. The summed E-state index contributed by atoms with van der Waals surface area (Å²) in [5.74, 6) is 0.583. The van der Waals surface area contributed by atoms with Crippen LogP contribution in [0.5, 0.6) is 5.75 Å². The smallest absolute Gasteiger partial charge is 0.271 e. The molecule has 0 spiro atoms. The first kappa shape index (κ1) is 24.2. The van der Waals surface area contributed by atoms with Crippen molar-refractivity contribution in [3.8, 4) is 11.4 Å². The Morgan fingerprint density at radius 1 is 1.14 bits per heavy atom. The number of non-ortho nitro benzene ring substituents is 1. The van der Waals surface area contributed by atoms with E-state index in [1.54, 1.807) is 19.2 Å². The van der Waals surface area contributed by atoms with Gasteiger partial charge in [-0.15, -0.1) is 0 Å². The second kappa shape index (κ2) is 9.89. The maximum atomic E-state index is 11.5. The summed E-state index contributed by atoms with van der Waals surface area (Å²) < 4.78 is 7.66. The fourth-order valence-corrected chi connectivity index (χ4v) is 6.26. The Balaban J connectivity index is 1.66. The van der Waals surface area contributed by atoms with Gasteiger partial charge in [-0.05, 0) is 68.7 Å². The third kappa shape index (κ3) is 4.21. The minimum Gasteiger partial charge on any atom is -0.495 e. The van der Waals surface area contributed by atoms with Crippen LogP contribution in [-0.4, -0.2) is 37.6 Å². The second-order valence-corrected chi connectivity index (χ2v) is 9.99. The minimum atomic E-state index is -0.376. The molecule has 5 rings (SSSR count). The summed E-state index contributed by atoms with van der Waals surface area (Å²) in [4.78, 5) is 18.2. The van der Waals surface area contributed by atoms with Crippen molar-refractivity contribution in [3.63, 3.8) is 0 Å². The van der Waals surface area contributed by atoms with Crippen LogP contribution in [0.15, 0.2) is 48.7 Å². The summed E-state index contributed by atoms with van der Waals surface area (Å²) in [6.45, 7) is 4.09. The van der Waals surface area contributed by atoms with E-state index in [2.05, 4.69) is 32.8 Å². The summed E-state index contributed by atoms with van der Waals surface area (Å²) in [5, 5.41) is 15.9. The predicted molar refractivity (Wildman–Crippen MR) is 143 cm³/mol. The van der Waals surface area contributed by atoms with E-state index in [-0.39, 0.29) is 22.7 Å². The molecule has 3 heterocycles. The molecule has 1 aromatic carbocycles. The number of ether oxygens (including phenoxy) is 1. The molecule has 2 atom stereocenters. The van der Waals surface area contributed by atoms with Gasteiger partial charge in [0.2, 0.25) is 0 Å². The zero-order valence-electron chi connectivity index (χ0n) is 20.8. The van der Waals surface area contributed by atoms with Crippen LogP contribution in [0.3, 0.4) is 0 Å². The van der Waals surface area contributed by atoms with Crippen molar-refractivity contribution in [2.24, 2.45) is 0 Å². The first-order valence-corrected chi connectivity index (χ1v) is 12.8. The van der Waals surface area contributed by atoms with Gasteiger partial charge in [0.05, 0.1) is 35.5 Å². The van der Waals surface area contributed by atoms with Gasteiger partial charge in [0.25, 0.3) is 5.69 Å². The highest BCUT2D eigenvalue weighted by Gasteiger charge is 2.44. The van der Waals surface area contributed by atoms with E-state index in [0.29, 0.717) is 17.5 Å². The van der Waals surface area contributed by atoms with Gasteiger partial charge in [0, 0.05) is 35.8 Å². The van der Waals surface area contributed by atoms with Crippen molar-refractivity contribution in [2.75, 3.05) is 7.11 Å². The standard InChI is InChI=1S/C27H31N5O3S/c1-17-15-21(18(2)30(17)23-16-20(32(33)34)12-13-24(23)35-3)26-25(22-11-7-8-14-28-22)29-27(36)31(26)19-9-5-4-6-10-19/h7-8,11-16,19,25-26H,4-6,9-10H2,1-3H3,(H,29,36)/t25-,26+/m1/s1. The lowest BCUT2D eigenvalue weighted by atomic mass is 9.90. The number of nitro benzene ring substituents is 1. The van der Waals surface area contributed by atoms with Crippen molar-refractivity contribution in [3.05, 3.63) is 81.4 Å². The monoisotopic (exact) mass is 505 g/mol. The highest BCUT2D eigenvalue weighted by molar-refractivity contribution is 7.80. The Morgan fingerprint density at radius 2 is 1.92 bits per heavy atom. The first-order valence-electron chi connectivity index (χ1n) is 12.4. The highest BCUT2D eigenvalue weighted by Crippen LogP contribution is 2.45. The Bertz CT molecular complexity index is 1290. The highest BCUT2D eigenvalue weighted by atomic mass is 32.1. The average Bonchev–Trinajstić information content (AvgIpc) is 3.39. The Morgan fingerprint density at radius 3 is 2.58 bits per heavy atom. The number of nitrogens with one attached hydrogen (secondary N) is 1. The van der Waals surface area contributed by atoms with Gasteiger partial charge in [-0.2, -0.15) is 0 Å². The van der Waals surface area contributed by atoms with E-state index in [4.69, 9.17) is 17.0 Å². The topological polar surface area (TPSA) is 85.5 Å². The molecule has 1 aliphatic heterocycles. The van der Waals surface area contributed by atoms with E-state index in [1.807, 2.05) is 31.3 Å². The van der Waals surface area contributed by atoms with Gasteiger partial charge in [-0.3, -0.25) is 15.1 Å². The number of aromatic nitrogens is 2. The van der Waals surface area contributed by atoms with Crippen molar-refractivity contribution in [2.45, 2.75) is 64.1 Å². The van der Waals surface area contributed by atoms with Crippen LogP contribution in [0.25, 0.3) is 5.69 Å². The molecule has 1 saturated heterocycles. The van der Waals surface area contributed by atoms with Crippen molar-refractivity contribution >= 4 is 23.0 Å². The number of nitrogens with zero attached hydrogens (tertiary/aromatic N) is 4. The predicted octanol–water partition coefficient (Wildman–Crippen LogP) is 5.71. The summed E-state index contributed by atoms with van der Waals surface area (Å²) >= 11 is 5.92. The molecule has 0 unspecified atom stereocenters. The number of hydrogen-bond donors (Lipinski definition) is 1. The molecule has 1 N–H and O–H groups in total. The van der Waals surface area contributed by atoms with Crippen LogP contribution in [0.1, 0.15) is 66.8 Å². The van der Waals surface area contributed by atoms with Gasteiger partial charge < -0.3 is 19.5 Å². The van der Waals surface area contributed by atoms with Gasteiger partial charge >= 0.3 is 0 Å². The number of rotatable bonds is 6. The fourth-order valence-electron chi connectivity index (χ4n) is 5.88. The molecule has 1 saturated carbocycles. The largest absolute Gasteiger partial charge is 0.495 e. The number of nitro groups is 1. The number of thiocarbonyl (C=S) groups is 1. The maximum absolute atomic E-state index is 11.5. The molecule has 188 valence electrons. The molecular weight excluding hydrogens is 474 g/mol. The van der Waals surface area contributed by atoms with Crippen LogP contribution in [0.4, 0.5) is 5.69 Å². The summed E-state index contributed by atoms with van der Waals surface area (Å²) in [6.07, 6.45) is 7.72. The number of methoxy groups -OCH3 is 1. The van der Waals surface area contributed by atoms with Gasteiger partial charge in [0.1, 0.15) is 5.75 Å². The molecule has 2 aliphatic rings. The van der Waals surface area contributed by atoms with Crippen molar-refractivity contribution in [1.82, 2.24) is 19.8 Å². The number of hydrogen-bond acceptors (Lipinski definition) is 5. The molecule has 0 amide bonds. The van der Waals surface area contributed by atoms with Crippen LogP contribution in [-0.2, 0) is 0 Å². The van der Waals surface area contributed by atoms with E-state index >= 15 is 0 Å². The average molecular weight is 506 g/mol. The van der Waals surface area contributed by atoms with Gasteiger partial charge in [-0.25, -0.2) is 0 Å². The molecule has 2 fully saturated rings. The van der Waals surface area contributed by atoms with E-state index in [0.717, 1.165) is 40.6 Å². The molecule has 36 heavy (non-hydrogen) atoms. The molecule has 1 aliphatic carbocycles. The van der Waals surface area contributed by atoms with Crippen LogP contribution in [0.2, 0.25) is 0 Å². The van der Waals surface area contributed by atoms with Crippen LogP contribution < -0.4 is 10.1 Å². The zero-order chi connectivity index (χ0) is 25.4. The van der Waals surface area contributed by atoms with E-state index < -0.39 is 0 Å². The summed E-state index contributed by atoms with van der Waals surface area (Å²) in [7, 11) is 1.58. The second-order valence-electron chi connectivity index (χ2n) is 9.60. The molecule has 0 bridgehead atoms. The molecular formula is C27H31N5O3S. The molecule has 9 heteroatoms. The molecule has 8 nitrogen and oxygen atoms in total. The number of aryl methyl sites for hydroxylation is 1. The minimum absolute atomic E-state index is 0.0266. The third-order valence-corrected chi connectivity index (χ3v) is 7.84. The normalized spacial score (nSPS) is 20.4. The number of benzene rings is 1. The Kier molecular flexibility index (Phi) is 6.66. The lowest BCUT2D eigenvalue weighted by Crippen LogP contribution is -2.40. The lowest BCUT2D eigenvalue weighted by Gasteiger charge is -2.37. The third-order valence-electron chi connectivity index (χ3n) is 7.51. The van der Waals surface area contributed by atoms with E-state index in [9.17, 15) is 10.1 Å². The number of pyridine rings is 1. The Labute approximate surface area is 216 Å². The van der Waals surface area contributed by atoms with Gasteiger partial charge in [-0.1, -0.05) is 25.3 Å². The van der Waals surface area contributed by atoms with Crippen LogP contribution >= 0.6 is 12.2 Å². The lowest BCUT2D eigenvalue weighted by molar-refractivity contribution is -0.384. The molecule has 3 aromatic rings. The summed E-state index contributed by atoms with van der Waals surface area (Å²) in [6, 6.07) is 13.1. The SMILES string of the molecule is COc1ccc([N+](=O)[O-])cc1-n1c(C)cc([C@H]2[C@@H](c3ccccn3)NC(=S)N2C2CCCCC2)c1C. The fraction of sp³-hybridized carbons (Fsp3) is 0.407. The molecule has 0 radical (unpaired) electrons. The Hall–Kier alpha value is -3.46. The van der Waals surface area contributed by atoms with E-state index in [1.165, 1.54) is 25.3 Å². The molecule has 2 aromatic heterocycles. The first-order chi connectivity index (χ1) is 17.4. The van der Waals surface area contributed by atoms with Gasteiger partial charge in [0.15, 0.2) is 5.11 Å². The maximum Gasteiger partial charge on any atom is 0.271 e.